The van der Waals surface area contributed by atoms with Crippen LogP contribution in [0.25, 0.3) is 0 Å². The maximum absolute atomic E-state index is 12.8. The Bertz CT molecular complexity index is 892. The number of aliphatic carboxylic acids is 1. The molecule has 0 aliphatic heterocycles. The molecule has 2 aromatic carbocycles. The standard InChI is InChI=1S/C20H26N2O5S/c1-22(2,3)14-17(12-20(23)24)21-28(25,26)19-11-7-10-18(13-19)27-15-16-8-5-4-6-9-16/h4-11,13,17,21H,12,14-15H2,1-3H3/p+1. The Kier molecular flexibility index (Phi) is 7.17. The fourth-order valence-electron chi connectivity index (χ4n) is 2.77. The molecule has 152 valence electrons. The highest BCUT2D eigenvalue weighted by Crippen LogP contribution is 2.19. The second kappa shape index (κ2) is 9.18. The molecule has 0 aromatic heterocycles. The van der Waals surface area contributed by atoms with Crippen LogP contribution in [0.1, 0.15) is 12.0 Å². The molecule has 2 aromatic rings. The number of benzene rings is 2. The Morgan fingerprint density at radius 1 is 1.11 bits per heavy atom. The van der Waals surface area contributed by atoms with Gasteiger partial charge < -0.3 is 14.3 Å². The molecule has 0 radical (unpaired) electrons. The average Bonchev–Trinajstić information content (AvgIpc) is 2.58. The molecule has 0 amide bonds. The summed E-state index contributed by atoms with van der Waals surface area (Å²) in [4.78, 5) is 11.2. The molecular formula is C20H27N2O5S+. The first kappa shape index (κ1) is 21.9. The SMILES string of the molecule is C[N+](C)(C)CC(CC(=O)O)NS(=O)(=O)c1cccc(OCc2ccccc2)c1. The fraction of sp³-hybridized carbons (Fsp3) is 0.350. The quantitative estimate of drug-likeness (QED) is 0.589. The van der Waals surface area contributed by atoms with Crippen LogP contribution < -0.4 is 9.46 Å². The van der Waals surface area contributed by atoms with E-state index >= 15 is 0 Å². The molecule has 0 aliphatic rings. The monoisotopic (exact) mass is 407 g/mol. The molecule has 0 fully saturated rings. The van der Waals surface area contributed by atoms with E-state index in [0.717, 1.165) is 5.56 Å². The van der Waals surface area contributed by atoms with Gasteiger partial charge in [-0.2, -0.15) is 0 Å². The molecule has 2 N–H and O–H groups in total. The lowest BCUT2D eigenvalue weighted by molar-refractivity contribution is -0.871. The van der Waals surface area contributed by atoms with Crippen molar-refractivity contribution in [2.24, 2.45) is 0 Å². The summed E-state index contributed by atoms with van der Waals surface area (Å²) in [5.41, 5.74) is 0.971. The topological polar surface area (TPSA) is 92.7 Å². The number of carboxylic acid groups (broad SMARTS) is 1. The van der Waals surface area contributed by atoms with Gasteiger partial charge in [0.15, 0.2) is 0 Å². The minimum atomic E-state index is -3.89. The van der Waals surface area contributed by atoms with Crippen molar-refractivity contribution in [3.05, 3.63) is 60.2 Å². The first-order valence-corrected chi connectivity index (χ1v) is 10.3. The average molecular weight is 408 g/mol. The van der Waals surface area contributed by atoms with E-state index < -0.39 is 22.0 Å². The number of quaternary nitrogens is 1. The molecule has 0 bridgehead atoms. The van der Waals surface area contributed by atoms with Crippen molar-refractivity contribution in [2.75, 3.05) is 27.7 Å². The zero-order valence-electron chi connectivity index (χ0n) is 16.3. The first-order valence-electron chi connectivity index (χ1n) is 8.86. The number of carbonyl (C=O) groups is 1. The highest BCUT2D eigenvalue weighted by Gasteiger charge is 2.27. The fourth-order valence-corrected chi connectivity index (χ4v) is 4.04. The number of nitrogens with one attached hydrogen (secondary N) is 1. The van der Waals surface area contributed by atoms with E-state index in [9.17, 15) is 13.2 Å². The van der Waals surface area contributed by atoms with Crippen molar-refractivity contribution >= 4 is 16.0 Å². The lowest BCUT2D eigenvalue weighted by Gasteiger charge is -2.29. The highest BCUT2D eigenvalue weighted by molar-refractivity contribution is 7.89. The molecule has 0 saturated carbocycles. The number of hydrogen-bond donors (Lipinski definition) is 2. The largest absolute Gasteiger partial charge is 0.489 e. The minimum absolute atomic E-state index is 0.0369. The third kappa shape index (κ3) is 7.30. The van der Waals surface area contributed by atoms with Gasteiger partial charge in [0, 0.05) is 6.07 Å². The van der Waals surface area contributed by atoms with E-state index in [1.54, 1.807) is 12.1 Å². The molecule has 0 heterocycles. The van der Waals surface area contributed by atoms with Crippen molar-refractivity contribution in [2.45, 2.75) is 24.0 Å². The van der Waals surface area contributed by atoms with Gasteiger partial charge in [-0.1, -0.05) is 36.4 Å². The molecule has 8 heteroatoms. The van der Waals surface area contributed by atoms with E-state index in [-0.39, 0.29) is 11.3 Å². The van der Waals surface area contributed by atoms with Crippen LogP contribution in [0.5, 0.6) is 5.75 Å². The van der Waals surface area contributed by atoms with Gasteiger partial charge in [0.05, 0.1) is 45.0 Å². The molecule has 1 unspecified atom stereocenters. The molecule has 0 aliphatic carbocycles. The maximum Gasteiger partial charge on any atom is 0.305 e. The third-order valence-corrected chi connectivity index (χ3v) is 5.39. The summed E-state index contributed by atoms with van der Waals surface area (Å²) in [6.45, 7) is 0.663. The van der Waals surface area contributed by atoms with Crippen molar-refractivity contribution in [1.82, 2.24) is 4.72 Å². The number of likely N-dealkylation sites (N-methyl/N-ethyl adjacent to an activating group) is 1. The Balaban J connectivity index is 2.13. The number of nitrogens with zero attached hydrogens (tertiary/aromatic N) is 1. The van der Waals surface area contributed by atoms with Crippen molar-refractivity contribution < 1.29 is 27.5 Å². The third-order valence-electron chi connectivity index (χ3n) is 3.88. The number of rotatable bonds is 10. The van der Waals surface area contributed by atoms with Crippen LogP contribution in [-0.2, 0) is 21.4 Å². The molecule has 2 rings (SSSR count). The van der Waals surface area contributed by atoms with Crippen LogP contribution >= 0.6 is 0 Å². The van der Waals surface area contributed by atoms with Gasteiger partial charge in [0.25, 0.3) is 0 Å². The summed E-state index contributed by atoms with van der Waals surface area (Å²) >= 11 is 0. The second-order valence-electron chi connectivity index (χ2n) is 7.64. The summed E-state index contributed by atoms with van der Waals surface area (Å²) in [5.74, 6) is -0.630. The summed E-state index contributed by atoms with van der Waals surface area (Å²) in [6, 6.07) is 15.0. The van der Waals surface area contributed by atoms with Gasteiger partial charge >= 0.3 is 5.97 Å². The van der Waals surface area contributed by atoms with Crippen molar-refractivity contribution in [3.63, 3.8) is 0 Å². The maximum atomic E-state index is 12.8. The molecule has 0 spiro atoms. The predicted octanol–water partition coefficient (Wildman–Crippen LogP) is 2.09. The first-order chi connectivity index (χ1) is 13.0. The minimum Gasteiger partial charge on any atom is -0.489 e. The lowest BCUT2D eigenvalue weighted by atomic mass is 10.2. The predicted molar refractivity (Wildman–Crippen MR) is 106 cm³/mol. The second-order valence-corrected chi connectivity index (χ2v) is 9.35. The van der Waals surface area contributed by atoms with E-state index in [1.165, 1.54) is 12.1 Å². The zero-order chi connectivity index (χ0) is 20.8. The van der Waals surface area contributed by atoms with E-state index in [2.05, 4.69) is 4.72 Å². The number of hydrogen-bond acceptors (Lipinski definition) is 4. The number of carboxylic acids is 1. The number of sulfonamides is 1. The molecule has 0 saturated heterocycles. The van der Waals surface area contributed by atoms with Gasteiger partial charge in [0.2, 0.25) is 10.0 Å². The van der Waals surface area contributed by atoms with Gasteiger partial charge in [-0.05, 0) is 17.7 Å². The van der Waals surface area contributed by atoms with Crippen molar-refractivity contribution in [1.29, 1.82) is 0 Å². The molecule has 7 nitrogen and oxygen atoms in total. The molecule has 28 heavy (non-hydrogen) atoms. The summed E-state index contributed by atoms with van der Waals surface area (Å²) < 4.78 is 34.2. The normalized spacial score (nSPS) is 13.1. The molecular weight excluding hydrogens is 380 g/mol. The van der Waals surface area contributed by atoms with Gasteiger partial charge in [-0.3, -0.25) is 4.79 Å². The Labute approximate surface area is 166 Å². The van der Waals surface area contributed by atoms with Crippen LogP contribution in [0.3, 0.4) is 0 Å². The highest BCUT2D eigenvalue weighted by atomic mass is 32.2. The number of ether oxygens (including phenoxy) is 1. The van der Waals surface area contributed by atoms with E-state index in [4.69, 9.17) is 9.84 Å². The van der Waals surface area contributed by atoms with Crippen LogP contribution in [0.4, 0.5) is 0 Å². The van der Waals surface area contributed by atoms with Gasteiger partial charge in [-0.25, -0.2) is 13.1 Å². The summed E-state index contributed by atoms with van der Waals surface area (Å²) in [5, 5.41) is 9.11. The molecule has 1 atom stereocenters. The van der Waals surface area contributed by atoms with Gasteiger partial charge in [0.1, 0.15) is 12.4 Å². The van der Waals surface area contributed by atoms with Crippen LogP contribution in [-0.4, -0.2) is 57.7 Å². The Morgan fingerprint density at radius 2 is 1.79 bits per heavy atom. The van der Waals surface area contributed by atoms with Crippen LogP contribution in [0.2, 0.25) is 0 Å². The van der Waals surface area contributed by atoms with E-state index in [1.807, 2.05) is 51.5 Å². The Morgan fingerprint density at radius 3 is 2.39 bits per heavy atom. The van der Waals surface area contributed by atoms with E-state index in [0.29, 0.717) is 23.4 Å². The summed E-state index contributed by atoms with van der Waals surface area (Å²) in [7, 11) is 1.74. The smallest absolute Gasteiger partial charge is 0.305 e. The van der Waals surface area contributed by atoms with Crippen LogP contribution in [0.15, 0.2) is 59.5 Å². The van der Waals surface area contributed by atoms with Gasteiger partial charge in [-0.15, -0.1) is 0 Å². The van der Waals surface area contributed by atoms with Crippen molar-refractivity contribution in [3.8, 4) is 5.75 Å². The Hall–Kier alpha value is -2.42. The summed E-state index contributed by atoms with van der Waals surface area (Å²) in [6.07, 6.45) is -0.293. The van der Waals surface area contributed by atoms with Crippen LogP contribution in [0, 0.1) is 0 Å². The zero-order valence-corrected chi connectivity index (χ0v) is 17.1. The lowest BCUT2D eigenvalue weighted by Crippen LogP contribution is -2.49.